The average molecular weight is 157 g/mol. The second-order valence-electron chi connectivity index (χ2n) is 1.56. The Labute approximate surface area is 61.3 Å². The Bertz CT molecular complexity index is 337. The van der Waals surface area contributed by atoms with Crippen LogP contribution in [0.15, 0.2) is 12.4 Å². The highest BCUT2D eigenvalue weighted by molar-refractivity contribution is 6.30. The molecule has 10 heavy (non-hydrogen) atoms. The van der Waals surface area contributed by atoms with Crippen molar-refractivity contribution >= 4 is 11.6 Å². The summed E-state index contributed by atoms with van der Waals surface area (Å²) in [4.78, 5) is 13.2. The topological polar surface area (TPSA) is 62.6 Å². The van der Waals surface area contributed by atoms with Crippen molar-refractivity contribution in [1.29, 1.82) is 5.26 Å². The van der Waals surface area contributed by atoms with E-state index >= 15 is 0 Å². The van der Waals surface area contributed by atoms with Crippen LogP contribution < -0.4 is 4.43 Å². The van der Waals surface area contributed by atoms with E-state index in [1.54, 1.807) is 6.07 Å². The predicted molar refractivity (Wildman–Crippen MR) is 33.9 cm³/mol. The standard InChI is InChI=1S/C5H3ClN3O/c6-5-4(3-7)9(10)2-1-8-5/h1-2H,(H,8,10)/q+1. The molecule has 1 aromatic heterocycles. The van der Waals surface area contributed by atoms with Crippen LogP contribution in [0.2, 0.25) is 5.15 Å². The first-order valence-electron chi connectivity index (χ1n) is 2.45. The van der Waals surface area contributed by atoms with Crippen molar-refractivity contribution in [3.05, 3.63) is 28.1 Å². The molecule has 1 N–H and O–H groups in total. The number of hydrogen-bond donors (Lipinski definition) is 1. The summed E-state index contributed by atoms with van der Waals surface area (Å²) in [5.41, 5.74) is -0.121. The molecular formula is C5H3ClN3O+. The number of halogens is 1. The van der Waals surface area contributed by atoms with E-state index < -0.39 is 0 Å². The summed E-state index contributed by atoms with van der Waals surface area (Å²) in [6, 6.07) is 1.65. The number of nitriles is 1. The summed E-state index contributed by atoms with van der Waals surface area (Å²) in [6.45, 7) is 0. The molecule has 0 radical (unpaired) electrons. The lowest BCUT2D eigenvalue weighted by molar-refractivity contribution is -0.498. The van der Waals surface area contributed by atoms with Gasteiger partial charge in [0.25, 0.3) is 0 Å². The van der Waals surface area contributed by atoms with Gasteiger partial charge in [0.05, 0.1) is 10.6 Å². The zero-order valence-corrected chi connectivity index (χ0v) is 5.59. The van der Waals surface area contributed by atoms with Gasteiger partial charge in [-0.15, -0.1) is 0 Å². The molecule has 0 fully saturated rings. The molecule has 1 heterocycles. The average Bonchev–Trinajstić information content (AvgIpc) is 1.88. The third-order valence-corrected chi connectivity index (χ3v) is 1.24. The number of hydrogen-bond acceptors (Lipinski definition) is 2. The van der Waals surface area contributed by atoms with Gasteiger partial charge in [-0.25, -0.2) is 0 Å². The Hall–Kier alpha value is -1.34. The molecule has 0 aliphatic carbocycles. The van der Waals surface area contributed by atoms with Crippen LogP contribution in [0.3, 0.4) is 0 Å². The predicted octanol–water partition coefficient (Wildman–Crippen LogP) is 0.454. The van der Waals surface area contributed by atoms with Gasteiger partial charge in [-0.3, -0.25) is 0 Å². The van der Waals surface area contributed by atoms with Crippen LogP contribution >= 0.6 is 11.6 Å². The molecule has 4 nitrogen and oxygen atoms in total. The lowest BCUT2D eigenvalue weighted by atomic mass is 10.5. The fourth-order valence-corrected chi connectivity index (χ4v) is 0.705. The van der Waals surface area contributed by atoms with Crippen LogP contribution in [0, 0.1) is 16.2 Å². The second-order valence-corrected chi connectivity index (χ2v) is 1.94. The maximum atomic E-state index is 10.7. The van der Waals surface area contributed by atoms with E-state index in [0.29, 0.717) is 4.43 Å². The van der Waals surface area contributed by atoms with Crippen molar-refractivity contribution in [2.45, 2.75) is 0 Å². The Morgan fingerprint density at radius 2 is 2.50 bits per heavy atom. The van der Waals surface area contributed by atoms with E-state index in [1.165, 1.54) is 12.4 Å². The van der Waals surface area contributed by atoms with Crippen molar-refractivity contribution in [2.75, 3.05) is 0 Å². The molecule has 0 atom stereocenters. The minimum Gasteiger partial charge on any atom is -0.341 e. The SMILES string of the molecule is N#Cc1c(Cl)[nH]cc[n+]1=O. The molecular weight excluding hydrogens is 154 g/mol. The highest BCUT2D eigenvalue weighted by Gasteiger charge is 2.11. The van der Waals surface area contributed by atoms with Crippen LogP contribution in [-0.4, -0.2) is 4.98 Å². The molecule has 0 aliphatic heterocycles. The smallest absolute Gasteiger partial charge is 0.341 e. The summed E-state index contributed by atoms with van der Waals surface area (Å²) in [6.07, 6.45) is 2.53. The molecule has 1 rings (SSSR count). The van der Waals surface area contributed by atoms with Gasteiger partial charge in [-0.05, 0) is 0 Å². The van der Waals surface area contributed by atoms with E-state index in [2.05, 4.69) is 4.98 Å². The van der Waals surface area contributed by atoms with Gasteiger partial charge < -0.3 is 4.98 Å². The summed E-state index contributed by atoms with van der Waals surface area (Å²) in [7, 11) is 0. The Morgan fingerprint density at radius 1 is 1.80 bits per heavy atom. The van der Waals surface area contributed by atoms with E-state index in [0.717, 1.165) is 0 Å². The monoisotopic (exact) mass is 156 g/mol. The quantitative estimate of drug-likeness (QED) is 0.555. The lowest BCUT2D eigenvalue weighted by Gasteiger charge is -1.81. The number of aromatic amines is 1. The van der Waals surface area contributed by atoms with Crippen molar-refractivity contribution in [2.24, 2.45) is 0 Å². The number of H-pyrrole nitrogens is 1. The van der Waals surface area contributed by atoms with Crippen LogP contribution in [0.5, 0.6) is 0 Å². The van der Waals surface area contributed by atoms with Gasteiger partial charge >= 0.3 is 5.69 Å². The molecule has 0 unspecified atom stereocenters. The summed E-state index contributed by atoms with van der Waals surface area (Å²) >= 11 is 5.43. The van der Waals surface area contributed by atoms with Crippen LogP contribution in [0.4, 0.5) is 0 Å². The van der Waals surface area contributed by atoms with Gasteiger partial charge in [-0.2, -0.15) is 5.26 Å². The minimum atomic E-state index is -0.121. The van der Waals surface area contributed by atoms with Gasteiger partial charge in [0.2, 0.25) is 6.20 Å². The Morgan fingerprint density at radius 3 is 2.90 bits per heavy atom. The molecule has 50 valence electrons. The Kier molecular flexibility index (Phi) is 1.69. The van der Waals surface area contributed by atoms with E-state index in [-0.39, 0.29) is 10.8 Å². The lowest BCUT2D eigenvalue weighted by Crippen LogP contribution is -2.18. The van der Waals surface area contributed by atoms with Crippen LogP contribution in [0.25, 0.3) is 0 Å². The molecule has 5 heteroatoms. The maximum Gasteiger partial charge on any atom is 0.373 e. The van der Waals surface area contributed by atoms with Crippen molar-refractivity contribution in [1.82, 2.24) is 4.98 Å². The summed E-state index contributed by atoms with van der Waals surface area (Å²) in [5.74, 6) is 0. The van der Waals surface area contributed by atoms with Gasteiger partial charge in [0.15, 0.2) is 11.2 Å². The number of nitrogens with zero attached hydrogens (tertiary/aromatic N) is 2. The van der Waals surface area contributed by atoms with Crippen molar-refractivity contribution < 1.29 is 4.43 Å². The third-order valence-electron chi connectivity index (χ3n) is 0.954. The third kappa shape index (κ3) is 0.993. The van der Waals surface area contributed by atoms with Gasteiger partial charge in [-0.1, -0.05) is 11.6 Å². The van der Waals surface area contributed by atoms with Gasteiger partial charge in [0, 0.05) is 4.91 Å². The second kappa shape index (κ2) is 2.50. The fraction of sp³-hybridized carbons (Fsp3) is 0. The summed E-state index contributed by atoms with van der Waals surface area (Å²) in [5, 5.41) is 8.38. The largest absolute Gasteiger partial charge is 0.373 e. The number of aromatic nitrogens is 2. The first-order valence-corrected chi connectivity index (χ1v) is 2.83. The van der Waals surface area contributed by atoms with Gasteiger partial charge in [0.1, 0.15) is 0 Å². The van der Waals surface area contributed by atoms with Crippen LogP contribution in [-0.2, 0) is 0 Å². The molecule has 0 aliphatic rings. The molecule has 1 aromatic rings. The fourth-order valence-electron chi connectivity index (χ4n) is 0.516. The number of nitrogens with one attached hydrogen (secondary N) is 1. The van der Waals surface area contributed by atoms with Crippen molar-refractivity contribution in [3.63, 3.8) is 0 Å². The van der Waals surface area contributed by atoms with E-state index in [9.17, 15) is 4.91 Å². The zero-order valence-electron chi connectivity index (χ0n) is 4.84. The zero-order chi connectivity index (χ0) is 7.56. The van der Waals surface area contributed by atoms with E-state index in [1.807, 2.05) is 0 Å². The molecule has 0 spiro atoms. The first kappa shape index (κ1) is 6.78. The normalized spacial score (nSPS) is 8.80. The van der Waals surface area contributed by atoms with Crippen LogP contribution in [0.1, 0.15) is 5.69 Å². The van der Waals surface area contributed by atoms with Crippen molar-refractivity contribution in [3.8, 4) is 6.07 Å². The first-order chi connectivity index (χ1) is 4.75. The molecule has 0 amide bonds. The van der Waals surface area contributed by atoms with E-state index in [4.69, 9.17) is 16.9 Å². The Balaban J connectivity index is 3.50. The molecule has 0 saturated carbocycles. The molecule has 0 saturated heterocycles. The maximum absolute atomic E-state index is 10.7. The highest BCUT2D eigenvalue weighted by Crippen LogP contribution is 2.02. The highest BCUT2D eigenvalue weighted by atomic mass is 35.5. The molecule has 0 bridgehead atoms. The molecule has 0 aromatic carbocycles. The minimum absolute atomic E-state index is 0.0556. The number of rotatable bonds is 0. The summed E-state index contributed by atoms with van der Waals surface area (Å²) < 4.78 is 0.402.